The predicted molar refractivity (Wildman–Crippen MR) is 104 cm³/mol. The lowest BCUT2D eigenvalue weighted by molar-refractivity contribution is 0.0949. The number of hydrogen-bond donors (Lipinski definition) is 1. The summed E-state index contributed by atoms with van der Waals surface area (Å²) in [6, 6.07) is 16.2. The molecule has 0 unspecified atom stereocenters. The summed E-state index contributed by atoms with van der Waals surface area (Å²) < 4.78 is 2.03. The number of aryl methyl sites for hydroxylation is 1. The van der Waals surface area contributed by atoms with Gasteiger partial charge in [0.2, 0.25) is 0 Å². The summed E-state index contributed by atoms with van der Waals surface area (Å²) in [5, 5.41) is 2.99. The van der Waals surface area contributed by atoms with Crippen molar-refractivity contribution >= 4 is 16.9 Å². The van der Waals surface area contributed by atoms with Crippen LogP contribution in [0.4, 0.5) is 0 Å². The molecule has 4 rings (SSSR count). The van der Waals surface area contributed by atoms with Crippen LogP contribution in [0.3, 0.4) is 0 Å². The van der Waals surface area contributed by atoms with Crippen molar-refractivity contribution < 1.29 is 4.79 Å². The second kappa shape index (κ2) is 7.32. The highest BCUT2D eigenvalue weighted by molar-refractivity contribution is 5.94. The van der Waals surface area contributed by atoms with Crippen LogP contribution in [-0.4, -0.2) is 15.5 Å². The van der Waals surface area contributed by atoms with Crippen LogP contribution in [0, 0.1) is 0 Å². The number of imidazole rings is 1. The van der Waals surface area contributed by atoms with E-state index in [9.17, 15) is 4.79 Å². The SMILES string of the molecule is Cn1c(CNC(=O)c2ccc(C3CCCCC3)cc2)nc2ccccc21. The fraction of sp³-hybridized carbons (Fsp3) is 0.364. The number of nitrogens with one attached hydrogen (secondary N) is 1. The summed E-state index contributed by atoms with van der Waals surface area (Å²) in [5.41, 5.74) is 4.12. The minimum atomic E-state index is -0.0488. The highest BCUT2D eigenvalue weighted by Gasteiger charge is 2.16. The average Bonchev–Trinajstić information content (AvgIpc) is 3.03. The molecule has 1 fully saturated rings. The fourth-order valence-corrected chi connectivity index (χ4v) is 3.96. The molecule has 134 valence electrons. The molecule has 4 nitrogen and oxygen atoms in total. The van der Waals surface area contributed by atoms with Crippen LogP contribution in [-0.2, 0) is 13.6 Å². The quantitative estimate of drug-likeness (QED) is 0.752. The van der Waals surface area contributed by atoms with Gasteiger partial charge in [-0.2, -0.15) is 0 Å². The van der Waals surface area contributed by atoms with Gasteiger partial charge in [0.1, 0.15) is 5.82 Å². The van der Waals surface area contributed by atoms with Crippen LogP contribution in [0.5, 0.6) is 0 Å². The molecular formula is C22H25N3O. The van der Waals surface area contributed by atoms with Crippen molar-refractivity contribution in [1.29, 1.82) is 0 Å². The molecule has 0 saturated heterocycles. The van der Waals surface area contributed by atoms with Gasteiger partial charge in [-0.15, -0.1) is 0 Å². The predicted octanol–water partition coefficient (Wildman–Crippen LogP) is 4.55. The number of hydrogen-bond acceptors (Lipinski definition) is 2. The highest BCUT2D eigenvalue weighted by atomic mass is 16.1. The van der Waals surface area contributed by atoms with E-state index in [-0.39, 0.29) is 5.91 Å². The van der Waals surface area contributed by atoms with Crippen LogP contribution >= 0.6 is 0 Å². The maximum atomic E-state index is 12.5. The normalized spacial score (nSPS) is 15.3. The monoisotopic (exact) mass is 347 g/mol. The first-order chi connectivity index (χ1) is 12.7. The number of amides is 1. The van der Waals surface area contributed by atoms with Gasteiger partial charge in [-0.1, -0.05) is 43.5 Å². The maximum Gasteiger partial charge on any atom is 0.251 e. The van der Waals surface area contributed by atoms with Crippen LogP contribution in [0.1, 0.15) is 59.8 Å². The lowest BCUT2D eigenvalue weighted by Gasteiger charge is -2.22. The first-order valence-electron chi connectivity index (χ1n) is 9.51. The van der Waals surface area contributed by atoms with E-state index < -0.39 is 0 Å². The van der Waals surface area contributed by atoms with Crippen LogP contribution in [0.15, 0.2) is 48.5 Å². The first-order valence-corrected chi connectivity index (χ1v) is 9.51. The Morgan fingerprint density at radius 1 is 1.08 bits per heavy atom. The second-order valence-corrected chi connectivity index (χ2v) is 7.22. The molecule has 1 amide bonds. The fourth-order valence-electron chi connectivity index (χ4n) is 3.96. The van der Waals surface area contributed by atoms with E-state index in [2.05, 4.69) is 22.4 Å². The molecule has 2 aromatic carbocycles. The van der Waals surface area contributed by atoms with E-state index in [1.807, 2.05) is 48.0 Å². The third kappa shape index (κ3) is 3.36. The second-order valence-electron chi connectivity index (χ2n) is 7.22. The van der Waals surface area contributed by atoms with Gasteiger partial charge in [0, 0.05) is 12.6 Å². The number of benzene rings is 2. The largest absolute Gasteiger partial charge is 0.345 e. The number of carbonyl (C=O) groups excluding carboxylic acids is 1. The molecule has 1 aliphatic carbocycles. The minimum Gasteiger partial charge on any atom is -0.345 e. The van der Waals surface area contributed by atoms with Gasteiger partial charge in [0.15, 0.2) is 0 Å². The topological polar surface area (TPSA) is 46.9 Å². The Bertz CT molecular complexity index is 905. The molecular weight excluding hydrogens is 322 g/mol. The van der Waals surface area contributed by atoms with E-state index >= 15 is 0 Å². The van der Waals surface area contributed by atoms with Gasteiger partial charge < -0.3 is 9.88 Å². The Morgan fingerprint density at radius 3 is 2.54 bits per heavy atom. The highest BCUT2D eigenvalue weighted by Crippen LogP contribution is 2.32. The number of carbonyl (C=O) groups is 1. The van der Waals surface area contributed by atoms with Gasteiger partial charge in [-0.25, -0.2) is 4.98 Å². The van der Waals surface area contributed by atoms with Crippen molar-refractivity contribution in [3.8, 4) is 0 Å². The number of nitrogens with zero attached hydrogens (tertiary/aromatic N) is 2. The van der Waals surface area contributed by atoms with Gasteiger partial charge in [0.05, 0.1) is 17.6 Å². The number of rotatable bonds is 4. The Labute approximate surface area is 154 Å². The zero-order valence-corrected chi connectivity index (χ0v) is 15.2. The van der Waals surface area contributed by atoms with Crippen molar-refractivity contribution in [2.75, 3.05) is 0 Å². The molecule has 0 spiro atoms. The van der Waals surface area contributed by atoms with Crippen molar-refractivity contribution in [3.63, 3.8) is 0 Å². The van der Waals surface area contributed by atoms with E-state index in [1.165, 1.54) is 37.7 Å². The number of aromatic nitrogens is 2. The summed E-state index contributed by atoms with van der Waals surface area (Å²) in [6.45, 7) is 0.425. The molecule has 3 aromatic rings. The molecule has 1 aromatic heterocycles. The molecule has 0 bridgehead atoms. The third-order valence-corrected chi connectivity index (χ3v) is 5.54. The van der Waals surface area contributed by atoms with Gasteiger partial charge in [-0.05, 0) is 48.6 Å². The minimum absolute atomic E-state index is 0.0488. The molecule has 1 N–H and O–H groups in total. The molecule has 4 heteroatoms. The average molecular weight is 347 g/mol. The number of para-hydroxylation sites is 2. The van der Waals surface area contributed by atoms with Crippen molar-refractivity contribution in [2.45, 2.75) is 44.6 Å². The van der Waals surface area contributed by atoms with E-state index in [4.69, 9.17) is 0 Å². The Kier molecular flexibility index (Phi) is 4.74. The lowest BCUT2D eigenvalue weighted by atomic mass is 9.84. The summed E-state index contributed by atoms with van der Waals surface area (Å²) in [4.78, 5) is 17.1. The van der Waals surface area contributed by atoms with Crippen LogP contribution in [0.25, 0.3) is 11.0 Å². The lowest BCUT2D eigenvalue weighted by Crippen LogP contribution is -2.24. The Hall–Kier alpha value is -2.62. The van der Waals surface area contributed by atoms with Crippen molar-refractivity contribution in [1.82, 2.24) is 14.9 Å². The Balaban J connectivity index is 1.42. The molecule has 1 aliphatic rings. The zero-order chi connectivity index (χ0) is 17.9. The standard InChI is InChI=1S/C22H25N3O/c1-25-20-10-6-5-9-19(20)24-21(25)15-23-22(26)18-13-11-17(12-14-18)16-7-3-2-4-8-16/h5-6,9-14,16H,2-4,7-8,15H2,1H3,(H,23,26). The summed E-state index contributed by atoms with van der Waals surface area (Å²) in [7, 11) is 1.98. The van der Waals surface area contributed by atoms with Crippen LogP contribution < -0.4 is 5.32 Å². The smallest absolute Gasteiger partial charge is 0.251 e. The molecule has 1 heterocycles. The van der Waals surface area contributed by atoms with Crippen LogP contribution in [0.2, 0.25) is 0 Å². The van der Waals surface area contributed by atoms with Gasteiger partial charge in [0.25, 0.3) is 5.91 Å². The van der Waals surface area contributed by atoms with Gasteiger partial charge in [-0.3, -0.25) is 4.79 Å². The van der Waals surface area contributed by atoms with E-state index in [0.29, 0.717) is 18.0 Å². The van der Waals surface area contributed by atoms with E-state index in [0.717, 1.165) is 16.9 Å². The first kappa shape index (κ1) is 16.8. The zero-order valence-electron chi connectivity index (χ0n) is 15.2. The summed E-state index contributed by atoms with van der Waals surface area (Å²) in [6.07, 6.45) is 6.56. The molecule has 26 heavy (non-hydrogen) atoms. The third-order valence-electron chi connectivity index (χ3n) is 5.54. The molecule has 0 aliphatic heterocycles. The van der Waals surface area contributed by atoms with Crippen molar-refractivity contribution in [3.05, 3.63) is 65.5 Å². The summed E-state index contributed by atoms with van der Waals surface area (Å²) >= 11 is 0. The molecule has 1 saturated carbocycles. The molecule has 0 atom stereocenters. The maximum absolute atomic E-state index is 12.5. The van der Waals surface area contributed by atoms with Gasteiger partial charge >= 0.3 is 0 Å². The Morgan fingerprint density at radius 2 is 1.81 bits per heavy atom. The molecule has 0 radical (unpaired) electrons. The summed E-state index contributed by atoms with van der Waals surface area (Å²) in [5.74, 6) is 1.48. The number of fused-ring (bicyclic) bond motifs is 1. The van der Waals surface area contributed by atoms with Crippen molar-refractivity contribution in [2.24, 2.45) is 7.05 Å². The van der Waals surface area contributed by atoms with E-state index in [1.54, 1.807) is 0 Å².